The lowest BCUT2D eigenvalue weighted by molar-refractivity contribution is 0.875. The fraction of sp³-hybridized carbons (Fsp3) is 0.0667. The highest BCUT2D eigenvalue weighted by atomic mass is 35.5. The minimum Gasteiger partial charge on any atom is -0.203 e. The Morgan fingerprint density at radius 2 is 1.65 bits per heavy atom. The summed E-state index contributed by atoms with van der Waals surface area (Å²) in [5.74, 6) is 0.517. The molecule has 0 N–H and O–H groups in total. The number of hydrogen-bond acceptors (Lipinski definition) is 2. The Bertz CT molecular complexity index is 765. The highest BCUT2D eigenvalue weighted by Crippen LogP contribution is 2.27. The van der Waals surface area contributed by atoms with Crippen molar-refractivity contribution >= 4 is 23.2 Å². The number of aromatic nitrogens is 3. The highest BCUT2D eigenvalue weighted by Gasteiger charge is 2.14. The lowest BCUT2D eigenvalue weighted by Crippen LogP contribution is -1.99. The molecular formula is C15H11Cl2N3. The van der Waals surface area contributed by atoms with Crippen LogP contribution in [0.2, 0.25) is 10.3 Å². The largest absolute Gasteiger partial charge is 0.226 e. The summed E-state index contributed by atoms with van der Waals surface area (Å²) in [5, 5.41) is 5.38. The van der Waals surface area contributed by atoms with Gasteiger partial charge in [-0.1, -0.05) is 41.9 Å². The Labute approximate surface area is 126 Å². The monoisotopic (exact) mass is 303 g/mol. The van der Waals surface area contributed by atoms with Crippen molar-refractivity contribution in [2.24, 2.45) is 0 Å². The van der Waals surface area contributed by atoms with E-state index < -0.39 is 0 Å². The average molecular weight is 304 g/mol. The molecule has 0 saturated heterocycles. The topological polar surface area (TPSA) is 30.7 Å². The van der Waals surface area contributed by atoms with Crippen LogP contribution in [0.5, 0.6) is 0 Å². The first-order chi connectivity index (χ1) is 9.66. The maximum atomic E-state index is 6.20. The van der Waals surface area contributed by atoms with E-state index in [0.717, 1.165) is 16.8 Å². The van der Waals surface area contributed by atoms with Gasteiger partial charge in [-0.15, -0.1) is 5.10 Å². The average Bonchev–Trinajstić information content (AvgIpc) is 2.81. The minimum absolute atomic E-state index is 0.314. The highest BCUT2D eigenvalue weighted by molar-refractivity contribution is 6.33. The number of benzene rings is 2. The normalized spacial score (nSPS) is 10.8. The molecule has 0 aliphatic heterocycles. The van der Waals surface area contributed by atoms with Crippen molar-refractivity contribution in [3.8, 4) is 17.1 Å². The summed E-state index contributed by atoms with van der Waals surface area (Å²) in [6.07, 6.45) is 0. The van der Waals surface area contributed by atoms with E-state index in [4.69, 9.17) is 23.2 Å². The van der Waals surface area contributed by atoms with Crippen LogP contribution in [-0.2, 0) is 0 Å². The van der Waals surface area contributed by atoms with Crippen molar-refractivity contribution in [1.29, 1.82) is 0 Å². The Kier molecular flexibility index (Phi) is 3.47. The van der Waals surface area contributed by atoms with Crippen LogP contribution in [0, 0.1) is 6.92 Å². The van der Waals surface area contributed by atoms with E-state index in [1.807, 2.05) is 49.4 Å². The van der Waals surface area contributed by atoms with Gasteiger partial charge in [-0.25, -0.2) is 4.68 Å². The quantitative estimate of drug-likeness (QED) is 0.695. The second-order valence-corrected chi connectivity index (χ2v) is 5.13. The third-order valence-corrected chi connectivity index (χ3v) is 3.60. The fourth-order valence-corrected chi connectivity index (χ4v) is 2.43. The van der Waals surface area contributed by atoms with E-state index in [9.17, 15) is 0 Å². The van der Waals surface area contributed by atoms with E-state index in [1.54, 1.807) is 10.7 Å². The second-order valence-electron chi connectivity index (χ2n) is 4.38. The van der Waals surface area contributed by atoms with Crippen molar-refractivity contribution in [3.63, 3.8) is 0 Å². The molecule has 3 aromatic rings. The molecule has 0 atom stereocenters. The van der Waals surface area contributed by atoms with E-state index in [2.05, 4.69) is 10.1 Å². The van der Waals surface area contributed by atoms with Crippen molar-refractivity contribution in [2.45, 2.75) is 6.92 Å². The maximum absolute atomic E-state index is 6.20. The van der Waals surface area contributed by atoms with Crippen LogP contribution in [-0.4, -0.2) is 14.8 Å². The van der Waals surface area contributed by atoms with Crippen LogP contribution in [0.4, 0.5) is 0 Å². The smallest absolute Gasteiger partial charge is 0.203 e. The number of hydrogen-bond donors (Lipinski definition) is 0. The van der Waals surface area contributed by atoms with Gasteiger partial charge in [0.15, 0.2) is 5.82 Å². The lowest BCUT2D eigenvalue weighted by atomic mass is 10.2. The Balaban J connectivity index is 2.13. The van der Waals surface area contributed by atoms with Crippen LogP contribution in [0.15, 0.2) is 48.5 Å². The van der Waals surface area contributed by atoms with Gasteiger partial charge in [-0.3, -0.25) is 0 Å². The van der Waals surface area contributed by atoms with Crippen LogP contribution in [0.1, 0.15) is 5.56 Å². The van der Waals surface area contributed by atoms with Gasteiger partial charge in [0.2, 0.25) is 5.28 Å². The molecule has 20 heavy (non-hydrogen) atoms. The zero-order chi connectivity index (χ0) is 14.1. The molecule has 1 heterocycles. The Hall–Kier alpha value is -1.84. The SMILES string of the molecule is Cc1ccccc1-n1nc(-c2ccccc2Cl)nc1Cl. The number of rotatable bonds is 2. The lowest BCUT2D eigenvalue weighted by Gasteiger charge is -2.05. The fourth-order valence-electron chi connectivity index (χ4n) is 2.00. The molecule has 3 rings (SSSR count). The summed E-state index contributed by atoms with van der Waals surface area (Å²) in [4.78, 5) is 4.29. The zero-order valence-corrected chi connectivity index (χ0v) is 12.2. The number of aryl methyl sites for hydroxylation is 1. The van der Waals surface area contributed by atoms with Gasteiger partial charge in [0.1, 0.15) is 0 Å². The molecule has 0 aliphatic carbocycles. The first kappa shape index (κ1) is 13.2. The molecule has 0 bridgehead atoms. The van der Waals surface area contributed by atoms with Gasteiger partial charge in [0.05, 0.1) is 10.7 Å². The first-order valence-electron chi connectivity index (χ1n) is 6.10. The zero-order valence-electron chi connectivity index (χ0n) is 10.7. The van der Waals surface area contributed by atoms with Crippen LogP contribution in [0.25, 0.3) is 17.1 Å². The van der Waals surface area contributed by atoms with E-state index >= 15 is 0 Å². The molecule has 0 unspecified atom stereocenters. The van der Waals surface area contributed by atoms with Gasteiger partial charge in [-0.2, -0.15) is 4.98 Å². The molecule has 3 nitrogen and oxygen atoms in total. The van der Waals surface area contributed by atoms with Crippen LogP contribution >= 0.6 is 23.2 Å². The molecule has 0 radical (unpaired) electrons. The van der Waals surface area contributed by atoms with Gasteiger partial charge in [0.25, 0.3) is 0 Å². The van der Waals surface area contributed by atoms with Gasteiger partial charge < -0.3 is 0 Å². The van der Waals surface area contributed by atoms with Crippen molar-refractivity contribution in [1.82, 2.24) is 14.8 Å². The Morgan fingerprint density at radius 3 is 2.40 bits per heavy atom. The Morgan fingerprint density at radius 1 is 0.950 bits per heavy atom. The molecule has 0 amide bonds. The molecule has 0 saturated carbocycles. The molecule has 2 aromatic carbocycles. The standard InChI is InChI=1S/C15H11Cl2N3/c1-10-6-2-5-9-13(10)20-15(17)18-14(19-20)11-7-3-4-8-12(11)16/h2-9H,1H3. The summed E-state index contributed by atoms with van der Waals surface area (Å²) in [6, 6.07) is 15.3. The van der Waals surface area contributed by atoms with Gasteiger partial charge >= 0.3 is 0 Å². The van der Waals surface area contributed by atoms with Crippen LogP contribution < -0.4 is 0 Å². The van der Waals surface area contributed by atoms with Gasteiger partial charge in [0, 0.05) is 5.56 Å². The second kappa shape index (κ2) is 5.27. The maximum Gasteiger partial charge on any atom is 0.226 e. The predicted molar refractivity (Wildman–Crippen MR) is 81.6 cm³/mol. The summed E-state index contributed by atoms with van der Waals surface area (Å²) in [6.45, 7) is 2.00. The molecule has 100 valence electrons. The summed E-state index contributed by atoms with van der Waals surface area (Å²) in [5.41, 5.74) is 2.75. The van der Waals surface area contributed by atoms with Crippen LogP contribution in [0.3, 0.4) is 0 Å². The molecule has 0 fully saturated rings. The van der Waals surface area contributed by atoms with Gasteiger partial charge in [-0.05, 0) is 42.3 Å². The predicted octanol–water partition coefficient (Wildman–Crippen LogP) is 4.55. The molecule has 5 heteroatoms. The number of nitrogens with zero attached hydrogens (tertiary/aromatic N) is 3. The van der Waals surface area contributed by atoms with Crippen molar-refractivity contribution in [3.05, 3.63) is 64.4 Å². The number of para-hydroxylation sites is 1. The van der Waals surface area contributed by atoms with E-state index in [0.29, 0.717) is 16.1 Å². The molecular weight excluding hydrogens is 293 g/mol. The van der Waals surface area contributed by atoms with Crippen molar-refractivity contribution < 1.29 is 0 Å². The minimum atomic E-state index is 0.314. The van der Waals surface area contributed by atoms with E-state index in [-0.39, 0.29) is 0 Å². The van der Waals surface area contributed by atoms with Crippen molar-refractivity contribution in [2.75, 3.05) is 0 Å². The molecule has 0 spiro atoms. The number of halogens is 2. The summed E-state index contributed by atoms with van der Waals surface area (Å²) >= 11 is 12.4. The summed E-state index contributed by atoms with van der Waals surface area (Å²) in [7, 11) is 0. The van der Waals surface area contributed by atoms with E-state index in [1.165, 1.54) is 0 Å². The third-order valence-electron chi connectivity index (χ3n) is 3.03. The molecule has 0 aliphatic rings. The first-order valence-corrected chi connectivity index (χ1v) is 6.86. The third kappa shape index (κ3) is 2.30. The molecule has 1 aromatic heterocycles. The summed E-state index contributed by atoms with van der Waals surface area (Å²) < 4.78 is 1.62.